The van der Waals surface area contributed by atoms with Gasteiger partial charge in [0.15, 0.2) is 11.6 Å². The van der Waals surface area contributed by atoms with Crippen molar-refractivity contribution in [2.75, 3.05) is 32.7 Å². The Bertz CT molecular complexity index is 1080. The number of halogens is 1. The molecule has 2 unspecified atom stereocenters. The van der Waals surface area contributed by atoms with E-state index in [1.165, 1.54) is 11.9 Å². The van der Waals surface area contributed by atoms with Crippen molar-refractivity contribution in [3.8, 4) is 17.4 Å². The van der Waals surface area contributed by atoms with Gasteiger partial charge in [0.2, 0.25) is 11.8 Å². The van der Waals surface area contributed by atoms with Crippen LogP contribution in [0.1, 0.15) is 31.7 Å². The molecule has 0 amide bonds. The van der Waals surface area contributed by atoms with E-state index in [0.29, 0.717) is 40.8 Å². The van der Waals surface area contributed by atoms with Crippen LogP contribution in [-0.2, 0) is 15.0 Å². The minimum Gasteiger partial charge on any atom is -0.481 e. The van der Waals surface area contributed by atoms with Crippen molar-refractivity contribution in [1.29, 1.82) is 0 Å². The van der Waals surface area contributed by atoms with E-state index >= 15 is 0 Å². The standard InChI is InChI=1S/C21H26ClN7O3S/c1-13(17(32-4)18-23-10-14(22)11-24-18)33-28-20-27-26-19(15-6-5-7-16(25-15)31-3)29(20)21(8-9-21)12-30-2/h5-7,10-11,13,17H,8-9,12H2,1-4H3,(H,27,28). The molecule has 4 rings (SSSR count). The summed E-state index contributed by atoms with van der Waals surface area (Å²) in [6, 6.07) is 5.58. The molecule has 12 heteroatoms. The van der Waals surface area contributed by atoms with Gasteiger partial charge in [-0.1, -0.05) is 17.7 Å². The molecule has 3 aromatic heterocycles. The second kappa shape index (κ2) is 10.2. The van der Waals surface area contributed by atoms with Gasteiger partial charge in [-0.3, -0.25) is 9.29 Å². The first-order chi connectivity index (χ1) is 16.0. The van der Waals surface area contributed by atoms with Crippen molar-refractivity contribution in [2.24, 2.45) is 0 Å². The van der Waals surface area contributed by atoms with Gasteiger partial charge in [0.1, 0.15) is 11.8 Å². The number of nitrogens with one attached hydrogen (secondary N) is 1. The molecule has 2 atom stereocenters. The Kier molecular flexibility index (Phi) is 7.32. The molecule has 0 bridgehead atoms. The molecule has 0 spiro atoms. The van der Waals surface area contributed by atoms with Gasteiger partial charge in [-0.15, -0.1) is 10.2 Å². The lowest BCUT2D eigenvalue weighted by molar-refractivity contribution is 0.0972. The summed E-state index contributed by atoms with van der Waals surface area (Å²) in [6.45, 7) is 2.58. The van der Waals surface area contributed by atoms with E-state index in [2.05, 4.69) is 34.4 Å². The molecule has 1 aliphatic carbocycles. The van der Waals surface area contributed by atoms with Gasteiger partial charge < -0.3 is 14.2 Å². The summed E-state index contributed by atoms with van der Waals surface area (Å²) >= 11 is 7.38. The van der Waals surface area contributed by atoms with Crippen LogP contribution in [0.4, 0.5) is 5.95 Å². The maximum atomic E-state index is 5.92. The Morgan fingerprint density at radius 1 is 1.18 bits per heavy atom. The zero-order chi connectivity index (χ0) is 23.4. The van der Waals surface area contributed by atoms with E-state index in [-0.39, 0.29) is 16.9 Å². The molecule has 1 N–H and O–H groups in total. The van der Waals surface area contributed by atoms with E-state index in [1.807, 2.05) is 19.1 Å². The molecule has 1 aliphatic rings. The first-order valence-electron chi connectivity index (χ1n) is 10.4. The first-order valence-corrected chi connectivity index (χ1v) is 11.6. The number of methoxy groups -OCH3 is 3. The zero-order valence-electron chi connectivity index (χ0n) is 18.9. The fourth-order valence-electron chi connectivity index (χ4n) is 3.65. The molecule has 1 saturated carbocycles. The Morgan fingerprint density at radius 2 is 1.94 bits per heavy atom. The van der Waals surface area contributed by atoms with Crippen molar-refractivity contribution in [3.05, 3.63) is 41.4 Å². The van der Waals surface area contributed by atoms with E-state index in [1.54, 1.807) is 39.8 Å². The normalized spacial score (nSPS) is 16.3. The molecule has 0 saturated heterocycles. The van der Waals surface area contributed by atoms with Gasteiger partial charge in [0, 0.05) is 32.7 Å². The van der Waals surface area contributed by atoms with Gasteiger partial charge in [0.05, 0.1) is 29.5 Å². The summed E-state index contributed by atoms with van der Waals surface area (Å²) in [6.07, 6.45) is 4.71. The Hall–Kier alpha value is -2.47. The van der Waals surface area contributed by atoms with Crippen LogP contribution in [0, 0.1) is 0 Å². The van der Waals surface area contributed by atoms with E-state index < -0.39 is 0 Å². The van der Waals surface area contributed by atoms with E-state index in [0.717, 1.165) is 12.8 Å². The van der Waals surface area contributed by atoms with Gasteiger partial charge in [0.25, 0.3) is 0 Å². The fraction of sp³-hybridized carbons (Fsp3) is 0.476. The number of nitrogens with zero attached hydrogens (tertiary/aromatic N) is 6. The first kappa shape index (κ1) is 23.7. The van der Waals surface area contributed by atoms with Gasteiger partial charge in [-0.2, -0.15) is 0 Å². The van der Waals surface area contributed by atoms with Crippen LogP contribution in [0.2, 0.25) is 5.02 Å². The number of pyridine rings is 1. The minimum atomic E-state index is -0.343. The Morgan fingerprint density at radius 3 is 2.58 bits per heavy atom. The third-order valence-corrected chi connectivity index (χ3v) is 6.57. The van der Waals surface area contributed by atoms with Crippen LogP contribution >= 0.6 is 23.5 Å². The van der Waals surface area contributed by atoms with Gasteiger partial charge in [-0.25, -0.2) is 15.0 Å². The third-order valence-electron chi connectivity index (χ3n) is 5.45. The molecule has 0 aliphatic heterocycles. The van der Waals surface area contributed by atoms with Crippen molar-refractivity contribution >= 4 is 29.5 Å². The SMILES string of the molecule is COCC1(n2c(NSC(C)C(OC)c3ncc(Cl)cn3)nnc2-c2cccc(OC)n2)CC1. The van der Waals surface area contributed by atoms with Crippen LogP contribution in [0.15, 0.2) is 30.6 Å². The number of anilines is 1. The molecule has 3 heterocycles. The van der Waals surface area contributed by atoms with E-state index in [9.17, 15) is 0 Å². The highest BCUT2D eigenvalue weighted by molar-refractivity contribution is 8.01. The molecule has 33 heavy (non-hydrogen) atoms. The Balaban J connectivity index is 1.60. The molecule has 0 radical (unpaired) electrons. The molecule has 176 valence electrons. The van der Waals surface area contributed by atoms with Crippen molar-refractivity contribution in [2.45, 2.75) is 36.7 Å². The zero-order valence-corrected chi connectivity index (χ0v) is 20.4. The maximum Gasteiger partial charge on any atom is 0.235 e. The number of hydrogen-bond acceptors (Lipinski definition) is 10. The Labute approximate surface area is 201 Å². The summed E-state index contributed by atoms with van der Waals surface area (Å²) in [5.41, 5.74) is 0.462. The quantitative estimate of drug-likeness (QED) is 0.398. The molecular formula is C21H26ClN7O3S. The summed E-state index contributed by atoms with van der Waals surface area (Å²) in [5.74, 6) is 2.35. The number of hydrogen-bond donors (Lipinski definition) is 1. The number of rotatable bonds is 11. The van der Waals surface area contributed by atoms with Crippen molar-refractivity contribution < 1.29 is 14.2 Å². The predicted octanol–water partition coefficient (Wildman–Crippen LogP) is 3.76. The summed E-state index contributed by atoms with van der Waals surface area (Å²) in [7, 11) is 4.92. The number of ether oxygens (including phenoxy) is 3. The smallest absolute Gasteiger partial charge is 0.235 e. The van der Waals surface area contributed by atoms with Crippen LogP contribution in [0.5, 0.6) is 5.88 Å². The summed E-state index contributed by atoms with van der Waals surface area (Å²) < 4.78 is 21.9. The van der Waals surface area contributed by atoms with Crippen LogP contribution in [0.25, 0.3) is 11.5 Å². The van der Waals surface area contributed by atoms with E-state index in [4.69, 9.17) is 25.8 Å². The molecule has 0 aromatic carbocycles. The number of aromatic nitrogens is 6. The fourth-order valence-corrected chi connectivity index (χ4v) is 4.53. The lowest BCUT2D eigenvalue weighted by Crippen LogP contribution is -2.26. The highest BCUT2D eigenvalue weighted by Crippen LogP contribution is 2.48. The molecular weight excluding hydrogens is 466 g/mol. The predicted molar refractivity (Wildman–Crippen MR) is 126 cm³/mol. The van der Waals surface area contributed by atoms with Crippen molar-refractivity contribution in [3.63, 3.8) is 0 Å². The average molecular weight is 492 g/mol. The van der Waals surface area contributed by atoms with Gasteiger partial charge >= 0.3 is 0 Å². The monoisotopic (exact) mass is 491 g/mol. The van der Waals surface area contributed by atoms with Crippen LogP contribution in [-0.4, -0.2) is 62.9 Å². The minimum absolute atomic E-state index is 0.0442. The molecule has 1 fully saturated rings. The summed E-state index contributed by atoms with van der Waals surface area (Å²) in [5, 5.41) is 9.32. The van der Waals surface area contributed by atoms with Crippen LogP contribution in [0.3, 0.4) is 0 Å². The second-order valence-electron chi connectivity index (χ2n) is 7.75. The lowest BCUT2D eigenvalue weighted by Gasteiger charge is -2.23. The largest absolute Gasteiger partial charge is 0.481 e. The third kappa shape index (κ3) is 5.06. The van der Waals surface area contributed by atoms with Crippen molar-refractivity contribution in [1.82, 2.24) is 29.7 Å². The second-order valence-corrected chi connectivity index (χ2v) is 9.37. The van der Waals surface area contributed by atoms with Gasteiger partial charge in [-0.05, 0) is 37.8 Å². The highest BCUT2D eigenvalue weighted by Gasteiger charge is 2.48. The average Bonchev–Trinajstić information content (AvgIpc) is 3.48. The lowest BCUT2D eigenvalue weighted by atomic mass is 10.2. The summed E-state index contributed by atoms with van der Waals surface area (Å²) in [4.78, 5) is 13.1. The van der Waals surface area contributed by atoms with Crippen LogP contribution < -0.4 is 9.46 Å². The molecule has 3 aromatic rings. The highest BCUT2D eigenvalue weighted by atomic mass is 35.5. The molecule has 10 nitrogen and oxygen atoms in total. The topological polar surface area (TPSA) is 109 Å². The maximum absolute atomic E-state index is 5.92.